The van der Waals surface area contributed by atoms with Crippen LogP contribution in [-0.4, -0.2) is 13.1 Å². The summed E-state index contributed by atoms with van der Waals surface area (Å²) in [6, 6.07) is 12.6. The fraction of sp³-hybridized carbons (Fsp3) is 0.133. The molecule has 2 rings (SSSR count). The van der Waals surface area contributed by atoms with Crippen molar-refractivity contribution in [1.82, 2.24) is 0 Å². The smallest absolute Gasteiger partial charge is 0.333 e. The highest BCUT2D eigenvalue weighted by Crippen LogP contribution is 2.27. The van der Waals surface area contributed by atoms with E-state index < -0.39 is 17.8 Å². The van der Waals surface area contributed by atoms with Crippen LogP contribution in [0.4, 0.5) is 10.1 Å². The molecule has 0 heterocycles. The van der Waals surface area contributed by atoms with E-state index in [0.717, 1.165) is 0 Å². The predicted molar refractivity (Wildman–Crippen MR) is 76.2 cm³/mol. The molecule has 3 nitrogen and oxygen atoms in total. The molecule has 20 heavy (non-hydrogen) atoms. The van der Waals surface area contributed by atoms with Gasteiger partial charge in [-0.25, -0.2) is 9.18 Å². The van der Waals surface area contributed by atoms with Gasteiger partial charge in [-0.1, -0.05) is 41.9 Å². The topological polar surface area (TPSA) is 38.3 Å². The minimum Gasteiger partial charge on any atom is -0.467 e. The number of rotatable bonds is 4. The number of benzene rings is 2. The van der Waals surface area contributed by atoms with E-state index in [1.54, 1.807) is 18.2 Å². The number of para-hydroxylation sites is 1. The first-order chi connectivity index (χ1) is 9.63. The van der Waals surface area contributed by atoms with Gasteiger partial charge in [-0.15, -0.1) is 0 Å². The average molecular weight is 294 g/mol. The highest BCUT2D eigenvalue weighted by Gasteiger charge is 2.25. The molecule has 104 valence electrons. The zero-order chi connectivity index (χ0) is 14.5. The molecule has 1 N–H and O–H groups in total. The number of ether oxygens (including phenoxy) is 1. The second-order valence-corrected chi connectivity index (χ2v) is 4.52. The molecule has 0 aliphatic heterocycles. The van der Waals surface area contributed by atoms with E-state index in [0.29, 0.717) is 5.69 Å². The maximum absolute atomic E-state index is 14.1. The Balaban J connectivity index is 2.38. The number of halogens is 2. The van der Waals surface area contributed by atoms with Crippen LogP contribution in [0.5, 0.6) is 0 Å². The monoisotopic (exact) mass is 293 g/mol. The lowest BCUT2D eigenvalue weighted by atomic mass is 10.1. The van der Waals surface area contributed by atoms with E-state index in [9.17, 15) is 9.18 Å². The van der Waals surface area contributed by atoms with Gasteiger partial charge in [0.15, 0.2) is 6.04 Å². The Hall–Kier alpha value is -2.07. The van der Waals surface area contributed by atoms with Gasteiger partial charge >= 0.3 is 5.97 Å². The van der Waals surface area contributed by atoms with Gasteiger partial charge in [0.05, 0.1) is 12.1 Å². The number of anilines is 1. The molecule has 2 aromatic rings. The molecule has 0 saturated carbocycles. The van der Waals surface area contributed by atoms with Gasteiger partial charge in [-0.2, -0.15) is 0 Å². The summed E-state index contributed by atoms with van der Waals surface area (Å²) in [4.78, 5) is 11.9. The zero-order valence-corrected chi connectivity index (χ0v) is 11.5. The molecule has 0 aliphatic carbocycles. The van der Waals surface area contributed by atoms with Crippen LogP contribution in [0.3, 0.4) is 0 Å². The van der Waals surface area contributed by atoms with Gasteiger partial charge in [0, 0.05) is 11.3 Å². The van der Waals surface area contributed by atoms with Crippen molar-refractivity contribution in [3.05, 3.63) is 64.9 Å². The van der Waals surface area contributed by atoms with Crippen molar-refractivity contribution in [2.24, 2.45) is 0 Å². The summed E-state index contributed by atoms with van der Waals surface area (Å²) >= 11 is 5.75. The first-order valence-corrected chi connectivity index (χ1v) is 6.34. The third kappa shape index (κ3) is 3.08. The van der Waals surface area contributed by atoms with Crippen molar-refractivity contribution in [2.75, 3.05) is 12.4 Å². The molecule has 0 spiro atoms. The summed E-state index contributed by atoms with van der Waals surface area (Å²) in [5.41, 5.74) is 0.829. The van der Waals surface area contributed by atoms with Gasteiger partial charge in [0.25, 0.3) is 0 Å². The first-order valence-electron chi connectivity index (χ1n) is 5.97. The van der Waals surface area contributed by atoms with Crippen LogP contribution in [0, 0.1) is 5.82 Å². The van der Waals surface area contributed by atoms with Gasteiger partial charge in [0.1, 0.15) is 5.82 Å². The quantitative estimate of drug-likeness (QED) is 0.871. The molecular weight excluding hydrogens is 281 g/mol. The van der Waals surface area contributed by atoms with E-state index >= 15 is 0 Å². The third-order valence-electron chi connectivity index (χ3n) is 2.81. The summed E-state index contributed by atoms with van der Waals surface area (Å²) < 4.78 is 18.8. The minimum absolute atomic E-state index is 0.0359. The second-order valence-electron chi connectivity index (χ2n) is 4.11. The van der Waals surface area contributed by atoms with Crippen LogP contribution in [0.25, 0.3) is 0 Å². The summed E-state index contributed by atoms with van der Waals surface area (Å²) in [7, 11) is 1.25. The van der Waals surface area contributed by atoms with Crippen LogP contribution in [0.15, 0.2) is 48.5 Å². The van der Waals surface area contributed by atoms with Crippen molar-refractivity contribution in [3.63, 3.8) is 0 Å². The number of hydrogen-bond acceptors (Lipinski definition) is 3. The van der Waals surface area contributed by atoms with Crippen LogP contribution in [0.2, 0.25) is 5.02 Å². The van der Waals surface area contributed by atoms with Gasteiger partial charge in [0.2, 0.25) is 0 Å². The molecule has 0 amide bonds. The molecule has 2 aromatic carbocycles. The maximum atomic E-state index is 14.1. The summed E-state index contributed by atoms with van der Waals surface area (Å²) in [5, 5.41) is 2.90. The largest absolute Gasteiger partial charge is 0.467 e. The molecule has 1 unspecified atom stereocenters. The van der Waals surface area contributed by atoms with Crippen molar-refractivity contribution in [3.8, 4) is 0 Å². The SMILES string of the molecule is COC(=O)C(Nc1ccccc1)c1cccc(Cl)c1F. The lowest BCUT2D eigenvalue weighted by Gasteiger charge is -2.19. The van der Waals surface area contributed by atoms with Crippen molar-refractivity contribution < 1.29 is 13.9 Å². The summed E-state index contributed by atoms with van der Waals surface area (Å²) in [5.74, 6) is -1.22. The van der Waals surface area contributed by atoms with E-state index in [-0.39, 0.29) is 10.6 Å². The van der Waals surface area contributed by atoms with E-state index in [4.69, 9.17) is 16.3 Å². The number of hydrogen-bond donors (Lipinski definition) is 1. The van der Waals surface area contributed by atoms with Crippen LogP contribution < -0.4 is 5.32 Å². The zero-order valence-electron chi connectivity index (χ0n) is 10.8. The van der Waals surface area contributed by atoms with Gasteiger partial charge in [-0.05, 0) is 18.2 Å². The molecule has 0 radical (unpaired) electrons. The Morgan fingerprint density at radius 2 is 1.90 bits per heavy atom. The minimum atomic E-state index is -0.957. The number of esters is 1. The average Bonchev–Trinajstić information content (AvgIpc) is 2.48. The Morgan fingerprint density at radius 1 is 1.20 bits per heavy atom. The number of methoxy groups -OCH3 is 1. The lowest BCUT2D eigenvalue weighted by molar-refractivity contribution is -0.141. The Kier molecular flexibility index (Phi) is 4.58. The van der Waals surface area contributed by atoms with Crippen LogP contribution >= 0.6 is 11.6 Å². The summed E-state index contributed by atoms with van der Waals surface area (Å²) in [6.07, 6.45) is 0. The Morgan fingerprint density at radius 3 is 2.55 bits per heavy atom. The van der Waals surface area contributed by atoms with E-state index in [2.05, 4.69) is 5.32 Å². The van der Waals surface area contributed by atoms with Crippen LogP contribution in [-0.2, 0) is 9.53 Å². The van der Waals surface area contributed by atoms with Gasteiger partial charge < -0.3 is 10.1 Å². The van der Waals surface area contributed by atoms with Crippen LogP contribution in [0.1, 0.15) is 11.6 Å². The first kappa shape index (κ1) is 14.3. The van der Waals surface area contributed by atoms with Crippen molar-refractivity contribution >= 4 is 23.3 Å². The Bertz CT molecular complexity index is 604. The van der Waals surface area contributed by atoms with E-state index in [1.807, 2.05) is 18.2 Å². The maximum Gasteiger partial charge on any atom is 0.333 e. The highest BCUT2D eigenvalue weighted by molar-refractivity contribution is 6.30. The molecular formula is C15H13ClFNO2. The third-order valence-corrected chi connectivity index (χ3v) is 3.11. The molecule has 0 saturated heterocycles. The predicted octanol–water partition coefficient (Wildman–Crippen LogP) is 3.81. The molecule has 0 aromatic heterocycles. The molecule has 5 heteroatoms. The standard InChI is InChI=1S/C15H13ClFNO2/c1-20-15(19)14(18-10-6-3-2-4-7-10)11-8-5-9-12(16)13(11)17/h2-9,14,18H,1H3. The summed E-state index contributed by atoms with van der Waals surface area (Å²) in [6.45, 7) is 0. The van der Waals surface area contributed by atoms with Crippen molar-refractivity contribution in [1.29, 1.82) is 0 Å². The van der Waals surface area contributed by atoms with E-state index in [1.165, 1.54) is 19.2 Å². The Labute approximate surface area is 121 Å². The molecule has 0 bridgehead atoms. The van der Waals surface area contributed by atoms with Gasteiger partial charge in [-0.3, -0.25) is 0 Å². The second kappa shape index (κ2) is 6.39. The number of nitrogens with one attached hydrogen (secondary N) is 1. The normalized spacial score (nSPS) is 11.8. The lowest BCUT2D eigenvalue weighted by Crippen LogP contribution is -2.23. The fourth-order valence-electron chi connectivity index (χ4n) is 1.83. The fourth-order valence-corrected chi connectivity index (χ4v) is 2.01. The number of carbonyl (C=O) groups excluding carboxylic acids is 1. The highest BCUT2D eigenvalue weighted by atomic mass is 35.5. The molecule has 0 aliphatic rings. The molecule has 1 atom stereocenters. The van der Waals surface area contributed by atoms with Crippen molar-refractivity contribution in [2.45, 2.75) is 6.04 Å². The molecule has 0 fully saturated rings. The number of carbonyl (C=O) groups is 1.